The smallest absolute Gasteiger partial charge is 0.193 e. The minimum atomic E-state index is 0.0517. The number of rotatable bonds is 3. The van der Waals surface area contributed by atoms with E-state index in [0.29, 0.717) is 12.5 Å². The van der Waals surface area contributed by atoms with Gasteiger partial charge in [-0.2, -0.15) is 5.10 Å². The van der Waals surface area contributed by atoms with E-state index in [1.165, 1.54) is 0 Å². The summed E-state index contributed by atoms with van der Waals surface area (Å²) in [5.74, 6) is 1.54. The zero-order valence-corrected chi connectivity index (χ0v) is 13.4. The van der Waals surface area contributed by atoms with Crippen molar-refractivity contribution in [2.24, 2.45) is 18.0 Å². The van der Waals surface area contributed by atoms with E-state index < -0.39 is 0 Å². The molecule has 0 radical (unpaired) electrons. The van der Waals surface area contributed by atoms with Gasteiger partial charge in [0.2, 0.25) is 0 Å². The molecule has 0 spiro atoms. The first-order valence-electron chi connectivity index (χ1n) is 7.89. The summed E-state index contributed by atoms with van der Waals surface area (Å²) < 4.78 is 13.1. The van der Waals surface area contributed by atoms with E-state index in [1.807, 2.05) is 31.2 Å². The van der Waals surface area contributed by atoms with E-state index in [-0.39, 0.29) is 6.10 Å². The largest absolute Gasteiger partial charge is 0.381 e. The number of hydrogen-bond acceptors (Lipinski definition) is 4. The molecule has 22 heavy (non-hydrogen) atoms. The molecule has 7 heteroatoms. The summed E-state index contributed by atoms with van der Waals surface area (Å²) in [6.45, 7) is 5.01. The average Bonchev–Trinajstić information content (AvgIpc) is 3.20. The van der Waals surface area contributed by atoms with Crippen LogP contribution in [0.4, 0.5) is 0 Å². The second kappa shape index (κ2) is 7.11. The van der Waals surface area contributed by atoms with Crippen LogP contribution >= 0.6 is 0 Å². The van der Waals surface area contributed by atoms with Gasteiger partial charge in [-0.25, -0.2) is 0 Å². The quantitative estimate of drug-likeness (QED) is 0.647. The average molecular weight is 307 g/mol. The van der Waals surface area contributed by atoms with E-state index in [0.717, 1.165) is 50.8 Å². The predicted molar refractivity (Wildman–Crippen MR) is 83.8 cm³/mol. The summed E-state index contributed by atoms with van der Waals surface area (Å²) in [6.07, 6.45) is 5.07. The Balaban J connectivity index is 1.57. The molecule has 0 amide bonds. The van der Waals surface area contributed by atoms with E-state index in [2.05, 4.69) is 20.3 Å². The normalized spacial score (nSPS) is 26.5. The number of nitrogens with zero attached hydrogens (tertiary/aromatic N) is 4. The highest BCUT2D eigenvalue weighted by Crippen LogP contribution is 2.21. The van der Waals surface area contributed by atoms with Crippen molar-refractivity contribution in [3.05, 3.63) is 18.0 Å². The van der Waals surface area contributed by atoms with Gasteiger partial charge < -0.3 is 19.7 Å². The first-order chi connectivity index (χ1) is 10.8. The third kappa shape index (κ3) is 3.59. The van der Waals surface area contributed by atoms with Gasteiger partial charge in [-0.3, -0.25) is 9.67 Å². The lowest BCUT2D eigenvalue weighted by Gasteiger charge is -2.35. The van der Waals surface area contributed by atoms with E-state index in [9.17, 15) is 0 Å². The van der Waals surface area contributed by atoms with Crippen LogP contribution in [0.5, 0.6) is 0 Å². The Morgan fingerprint density at radius 1 is 1.50 bits per heavy atom. The molecule has 1 N–H and O–H groups in total. The maximum Gasteiger partial charge on any atom is 0.193 e. The number of morpholine rings is 1. The minimum absolute atomic E-state index is 0.0517. The van der Waals surface area contributed by atoms with Gasteiger partial charge in [-0.1, -0.05) is 0 Å². The molecule has 122 valence electrons. The SMILES string of the molecule is CN=C(NCC1CCOC1)N1CCOC(c2cnn(C)c2)C1. The molecule has 1 aromatic rings. The monoisotopic (exact) mass is 307 g/mol. The minimum Gasteiger partial charge on any atom is -0.381 e. The third-order valence-corrected chi connectivity index (χ3v) is 4.25. The van der Waals surface area contributed by atoms with Crippen molar-refractivity contribution in [1.29, 1.82) is 0 Å². The molecule has 2 aliphatic heterocycles. The van der Waals surface area contributed by atoms with E-state index in [1.54, 1.807) is 0 Å². The van der Waals surface area contributed by atoms with Crippen LogP contribution < -0.4 is 5.32 Å². The van der Waals surface area contributed by atoms with Crippen LogP contribution in [-0.4, -0.2) is 67.1 Å². The number of ether oxygens (including phenoxy) is 2. The molecule has 2 unspecified atom stereocenters. The number of aryl methyl sites for hydroxylation is 1. The fraction of sp³-hybridized carbons (Fsp3) is 0.733. The molecule has 1 aromatic heterocycles. The Morgan fingerprint density at radius 2 is 2.41 bits per heavy atom. The molecule has 7 nitrogen and oxygen atoms in total. The van der Waals surface area contributed by atoms with Crippen molar-refractivity contribution in [1.82, 2.24) is 20.0 Å². The number of nitrogens with one attached hydrogen (secondary N) is 1. The van der Waals surface area contributed by atoms with Gasteiger partial charge in [0.15, 0.2) is 5.96 Å². The molecule has 0 aromatic carbocycles. The molecule has 2 atom stereocenters. The first-order valence-corrected chi connectivity index (χ1v) is 7.89. The summed E-state index contributed by atoms with van der Waals surface area (Å²) >= 11 is 0. The van der Waals surface area contributed by atoms with Crippen LogP contribution in [0, 0.1) is 5.92 Å². The lowest BCUT2D eigenvalue weighted by Crippen LogP contribution is -2.49. The van der Waals surface area contributed by atoms with Gasteiger partial charge >= 0.3 is 0 Å². The zero-order valence-electron chi connectivity index (χ0n) is 13.4. The third-order valence-electron chi connectivity index (χ3n) is 4.25. The summed E-state index contributed by atoms with van der Waals surface area (Å²) in [4.78, 5) is 6.68. The predicted octanol–water partition coefficient (Wildman–Crippen LogP) is 0.405. The van der Waals surface area contributed by atoms with E-state index >= 15 is 0 Å². The molecule has 3 heterocycles. The van der Waals surface area contributed by atoms with Crippen molar-refractivity contribution in [3.63, 3.8) is 0 Å². The summed E-state index contributed by atoms with van der Waals surface area (Å²) in [6, 6.07) is 0. The Bertz CT molecular complexity index is 510. The summed E-state index contributed by atoms with van der Waals surface area (Å²) in [7, 11) is 3.76. The van der Waals surface area contributed by atoms with Crippen LogP contribution in [0.2, 0.25) is 0 Å². The van der Waals surface area contributed by atoms with Crippen LogP contribution in [0.25, 0.3) is 0 Å². The van der Waals surface area contributed by atoms with Gasteiger partial charge in [0, 0.05) is 51.5 Å². The molecule has 2 saturated heterocycles. The molecule has 2 fully saturated rings. The fourth-order valence-corrected chi connectivity index (χ4v) is 2.96. The molecule has 0 saturated carbocycles. The van der Waals surface area contributed by atoms with Crippen molar-refractivity contribution in [2.75, 3.05) is 46.5 Å². The molecular formula is C15H25N5O2. The molecule has 3 rings (SSSR count). The Hall–Kier alpha value is -1.60. The van der Waals surface area contributed by atoms with Crippen LogP contribution in [0.3, 0.4) is 0 Å². The van der Waals surface area contributed by atoms with Crippen LogP contribution in [-0.2, 0) is 16.5 Å². The van der Waals surface area contributed by atoms with Crippen molar-refractivity contribution in [2.45, 2.75) is 12.5 Å². The van der Waals surface area contributed by atoms with Crippen molar-refractivity contribution >= 4 is 5.96 Å². The fourth-order valence-electron chi connectivity index (χ4n) is 2.96. The standard InChI is InChI=1S/C15H25N5O2/c1-16-15(17-7-12-3-5-21-11-12)20-4-6-22-14(10-20)13-8-18-19(2)9-13/h8-9,12,14H,3-7,10-11H2,1-2H3,(H,16,17). The molecule has 0 bridgehead atoms. The highest BCUT2D eigenvalue weighted by molar-refractivity contribution is 5.80. The van der Waals surface area contributed by atoms with E-state index in [4.69, 9.17) is 9.47 Å². The number of aliphatic imine (C=N–C) groups is 1. The molecular weight excluding hydrogens is 282 g/mol. The summed E-state index contributed by atoms with van der Waals surface area (Å²) in [5, 5.41) is 7.71. The van der Waals surface area contributed by atoms with Gasteiger partial charge in [-0.15, -0.1) is 0 Å². The second-order valence-corrected chi connectivity index (χ2v) is 5.91. The van der Waals surface area contributed by atoms with Crippen LogP contribution in [0.15, 0.2) is 17.4 Å². The lowest BCUT2D eigenvalue weighted by atomic mass is 10.1. The van der Waals surface area contributed by atoms with Crippen molar-refractivity contribution in [3.8, 4) is 0 Å². The van der Waals surface area contributed by atoms with Gasteiger partial charge in [0.1, 0.15) is 6.10 Å². The molecule has 0 aliphatic carbocycles. The van der Waals surface area contributed by atoms with Gasteiger partial charge in [0.25, 0.3) is 0 Å². The Kier molecular flexibility index (Phi) is 4.94. The number of guanidine groups is 1. The second-order valence-electron chi connectivity index (χ2n) is 5.91. The maximum atomic E-state index is 5.88. The highest BCUT2D eigenvalue weighted by Gasteiger charge is 2.25. The van der Waals surface area contributed by atoms with Crippen molar-refractivity contribution < 1.29 is 9.47 Å². The van der Waals surface area contributed by atoms with Gasteiger partial charge in [-0.05, 0) is 6.42 Å². The number of hydrogen-bond donors (Lipinski definition) is 1. The topological polar surface area (TPSA) is 63.9 Å². The van der Waals surface area contributed by atoms with Crippen LogP contribution in [0.1, 0.15) is 18.1 Å². The Labute approximate surface area is 131 Å². The Morgan fingerprint density at radius 3 is 3.09 bits per heavy atom. The zero-order chi connectivity index (χ0) is 15.4. The first kappa shape index (κ1) is 15.3. The highest BCUT2D eigenvalue weighted by atomic mass is 16.5. The maximum absolute atomic E-state index is 5.88. The summed E-state index contributed by atoms with van der Waals surface area (Å²) in [5.41, 5.74) is 1.12. The molecule has 2 aliphatic rings. The number of aromatic nitrogens is 2. The lowest BCUT2D eigenvalue weighted by molar-refractivity contribution is -0.00808. The van der Waals surface area contributed by atoms with Gasteiger partial charge in [0.05, 0.1) is 26.0 Å².